The second kappa shape index (κ2) is 11.3. The molecule has 9 heteroatoms. The van der Waals surface area contributed by atoms with Crippen molar-refractivity contribution in [1.29, 1.82) is 0 Å². The monoisotopic (exact) mass is 552 g/mol. The molecule has 3 aromatic rings. The van der Waals surface area contributed by atoms with Gasteiger partial charge in [-0.2, -0.15) is 0 Å². The van der Waals surface area contributed by atoms with E-state index in [1.165, 1.54) is 27.7 Å². The fraction of sp³-hybridized carbons (Fsp3) is 0.419. The molecular weight excluding hydrogens is 515 g/mol. The van der Waals surface area contributed by atoms with Crippen molar-refractivity contribution in [2.24, 2.45) is 7.05 Å². The van der Waals surface area contributed by atoms with Gasteiger partial charge < -0.3 is 29.2 Å². The van der Waals surface area contributed by atoms with Gasteiger partial charge in [0, 0.05) is 43.5 Å². The van der Waals surface area contributed by atoms with Crippen LogP contribution in [0.15, 0.2) is 47.4 Å². The quantitative estimate of drug-likeness (QED) is 0.366. The highest BCUT2D eigenvalue weighted by molar-refractivity contribution is 5.76. The van der Waals surface area contributed by atoms with Crippen LogP contribution in [0, 0.1) is 19.7 Å². The van der Waals surface area contributed by atoms with Crippen molar-refractivity contribution in [3.05, 3.63) is 75.5 Å². The zero-order valence-corrected chi connectivity index (χ0v) is 23.8. The summed E-state index contributed by atoms with van der Waals surface area (Å²) < 4.78 is 28.2. The minimum atomic E-state index is -1.15. The summed E-state index contributed by atoms with van der Waals surface area (Å²) in [5.74, 6) is 1.01. The van der Waals surface area contributed by atoms with Crippen LogP contribution in [-0.2, 0) is 12.6 Å². The molecule has 1 heterocycles. The van der Waals surface area contributed by atoms with Gasteiger partial charge in [-0.05, 0) is 94.3 Å². The summed E-state index contributed by atoms with van der Waals surface area (Å²) >= 11 is 0. The largest absolute Gasteiger partial charge is 0.490 e. The van der Waals surface area contributed by atoms with Gasteiger partial charge >= 0.3 is 6.09 Å². The number of carboxylic acid groups (broad SMARTS) is 1. The molecule has 1 fully saturated rings. The van der Waals surface area contributed by atoms with Crippen molar-refractivity contribution in [3.8, 4) is 28.4 Å². The van der Waals surface area contributed by atoms with Gasteiger partial charge in [-0.1, -0.05) is 6.07 Å². The van der Waals surface area contributed by atoms with Crippen molar-refractivity contribution < 1.29 is 28.9 Å². The number of halogens is 1. The highest BCUT2D eigenvalue weighted by Crippen LogP contribution is 2.42. The third-order valence-corrected chi connectivity index (χ3v) is 7.59. The van der Waals surface area contributed by atoms with Crippen LogP contribution in [0.3, 0.4) is 0 Å². The van der Waals surface area contributed by atoms with Crippen LogP contribution in [0.2, 0.25) is 0 Å². The number of aromatic nitrogens is 1. The Balaban J connectivity index is 1.76. The van der Waals surface area contributed by atoms with Gasteiger partial charge in [0.25, 0.3) is 5.56 Å². The Bertz CT molecular complexity index is 1440. The average molecular weight is 553 g/mol. The lowest BCUT2D eigenvalue weighted by Crippen LogP contribution is -2.40. The summed E-state index contributed by atoms with van der Waals surface area (Å²) in [6, 6.07) is 9.53. The van der Waals surface area contributed by atoms with Gasteiger partial charge in [0.05, 0.1) is 11.7 Å². The highest BCUT2D eigenvalue weighted by atomic mass is 19.1. The fourth-order valence-electron chi connectivity index (χ4n) is 5.18. The molecule has 0 unspecified atom stereocenters. The molecule has 214 valence electrons. The molecular formula is C31H37FN2O6. The Morgan fingerprint density at radius 1 is 1.02 bits per heavy atom. The number of amides is 1. The van der Waals surface area contributed by atoms with Gasteiger partial charge in [0.1, 0.15) is 23.1 Å². The number of hydrogen-bond acceptors (Lipinski definition) is 5. The first-order valence-electron chi connectivity index (χ1n) is 13.4. The summed E-state index contributed by atoms with van der Waals surface area (Å²) in [6.07, 6.45) is 3.10. The Morgan fingerprint density at radius 3 is 2.23 bits per heavy atom. The maximum absolute atomic E-state index is 14.0. The first-order valence-corrected chi connectivity index (χ1v) is 13.4. The molecule has 1 saturated carbocycles. The normalized spacial score (nSPS) is 17.4. The average Bonchev–Trinajstić information content (AvgIpc) is 2.87. The van der Waals surface area contributed by atoms with E-state index in [4.69, 9.17) is 9.47 Å². The molecule has 2 aromatic carbocycles. The van der Waals surface area contributed by atoms with Gasteiger partial charge in [-0.3, -0.25) is 4.79 Å². The van der Waals surface area contributed by atoms with Crippen LogP contribution in [0.1, 0.15) is 56.2 Å². The van der Waals surface area contributed by atoms with Crippen molar-refractivity contribution >= 4 is 6.09 Å². The smallest absolute Gasteiger partial charge is 0.407 e. The molecule has 40 heavy (non-hydrogen) atoms. The minimum Gasteiger partial charge on any atom is -0.490 e. The van der Waals surface area contributed by atoms with Crippen molar-refractivity contribution in [2.45, 2.75) is 71.1 Å². The zero-order chi connectivity index (χ0) is 29.4. The number of rotatable bonds is 7. The molecule has 1 aliphatic rings. The predicted octanol–water partition coefficient (Wildman–Crippen LogP) is 6.13. The molecule has 4 rings (SSSR count). The number of nitrogens with zero attached hydrogens (tertiary/aromatic N) is 2. The van der Waals surface area contributed by atoms with E-state index in [0.717, 1.165) is 0 Å². The second-order valence-electron chi connectivity index (χ2n) is 11.2. The highest BCUT2D eigenvalue weighted by Gasteiger charge is 2.29. The SMILES string of the molecule is Cc1cc(F)cc(C)c1Oc1ccc(C(C)(C)O)cc1-c1cn(C)c(=O)cc1OC1CCC(N(C)C(=O)O)CC1. The summed E-state index contributed by atoms with van der Waals surface area (Å²) in [4.78, 5) is 25.4. The third kappa shape index (κ3) is 6.31. The maximum Gasteiger partial charge on any atom is 0.407 e. The van der Waals surface area contributed by atoms with Crippen LogP contribution in [0.5, 0.6) is 17.2 Å². The maximum atomic E-state index is 14.0. The standard InChI is InChI=1S/C31H37FN2O6/c1-18-13-21(32)14-19(2)29(18)40-26-12-7-20(31(3,4)38)15-24(26)25-17-33(5)28(35)16-27(25)39-23-10-8-22(9-11-23)34(6)30(36)37/h7,12-17,22-23,38H,8-11H2,1-6H3,(H,36,37). The zero-order valence-electron chi connectivity index (χ0n) is 23.8. The first-order chi connectivity index (χ1) is 18.7. The summed E-state index contributed by atoms with van der Waals surface area (Å²) in [5.41, 5.74) is 1.72. The number of aryl methyl sites for hydroxylation is 3. The van der Waals surface area contributed by atoms with E-state index in [1.54, 1.807) is 60.1 Å². The Morgan fingerprint density at radius 2 is 1.65 bits per heavy atom. The van der Waals surface area contributed by atoms with E-state index in [-0.39, 0.29) is 23.5 Å². The van der Waals surface area contributed by atoms with Gasteiger partial charge in [-0.25, -0.2) is 9.18 Å². The van der Waals surface area contributed by atoms with Gasteiger partial charge in [0.15, 0.2) is 0 Å². The van der Waals surface area contributed by atoms with Crippen molar-refractivity contribution in [2.75, 3.05) is 7.05 Å². The number of pyridine rings is 1. The number of carbonyl (C=O) groups is 1. The van der Waals surface area contributed by atoms with Crippen molar-refractivity contribution in [1.82, 2.24) is 9.47 Å². The van der Waals surface area contributed by atoms with Crippen LogP contribution >= 0.6 is 0 Å². The fourth-order valence-corrected chi connectivity index (χ4v) is 5.18. The Kier molecular flexibility index (Phi) is 8.25. The number of hydrogen-bond donors (Lipinski definition) is 2. The van der Waals surface area contributed by atoms with E-state index in [1.807, 2.05) is 6.07 Å². The Labute approximate surface area is 233 Å². The van der Waals surface area contributed by atoms with Crippen molar-refractivity contribution in [3.63, 3.8) is 0 Å². The van der Waals surface area contributed by atoms with E-state index >= 15 is 0 Å². The van der Waals surface area contributed by atoms with E-state index in [0.29, 0.717) is 70.7 Å². The molecule has 0 spiro atoms. The van der Waals surface area contributed by atoms with E-state index < -0.39 is 11.7 Å². The molecule has 1 amide bonds. The van der Waals surface area contributed by atoms with Crippen LogP contribution in [0.25, 0.3) is 11.1 Å². The van der Waals surface area contributed by atoms with Crippen LogP contribution in [0.4, 0.5) is 9.18 Å². The lowest BCUT2D eigenvalue weighted by molar-refractivity contribution is 0.0786. The first kappa shape index (κ1) is 29.1. The lowest BCUT2D eigenvalue weighted by atomic mass is 9.91. The molecule has 2 N–H and O–H groups in total. The summed E-state index contributed by atoms with van der Waals surface area (Å²) in [7, 11) is 3.23. The summed E-state index contributed by atoms with van der Waals surface area (Å²) in [6.45, 7) is 6.92. The topological polar surface area (TPSA) is 101 Å². The minimum absolute atomic E-state index is 0.0777. The lowest BCUT2D eigenvalue weighted by Gasteiger charge is -2.33. The van der Waals surface area contributed by atoms with E-state index in [2.05, 4.69) is 0 Å². The Hall–Kier alpha value is -3.85. The van der Waals surface area contributed by atoms with Gasteiger partial charge in [0.2, 0.25) is 0 Å². The second-order valence-corrected chi connectivity index (χ2v) is 11.2. The van der Waals surface area contributed by atoms with E-state index in [9.17, 15) is 24.2 Å². The van der Waals surface area contributed by atoms with Crippen LogP contribution < -0.4 is 15.0 Å². The molecule has 0 radical (unpaired) electrons. The predicted molar refractivity (Wildman–Crippen MR) is 151 cm³/mol. The molecule has 0 saturated heterocycles. The third-order valence-electron chi connectivity index (χ3n) is 7.59. The molecule has 0 aliphatic heterocycles. The van der Waals surface area contributed by atoms with Crippen LogP contribution in [-0.4, -0.2) is 45.0 Å². The molecule has 0 atom stereocenters. The molecule has 1 aromatic heterocycles. The molecule has 1 aliphatic carbocycles. The number of benzene rings is 2. The molecule has 0 bridgehead atoms. The van der Waals surface area contributed by atoms with Gasteiger partial charge in [-0.15, -0.1) is 0 Å². The number of ether oxygens (including phenoxy) is 2. The molecule has 8 nitrogen and oxygen atoms in total. The summed E-state index contributed by atoms with van der Waals surface area (Å²) in [5, 5.41) is 20.1. The number of aliphatic hydroxyl groups is 1.